The van der Waals surface area contributed by atoms with Gasteiger partial charge in [-0.2, -0.15) is 13.2 Å². The number of para-hydroxylation sites is 1. The van der Waals surface area contributed by atoms with Gasteiger partial charge < -0.3 is 14.4 Å². The number of fused-ring (bicyclic) bond motifs is 1. The number of rotatable bonds is 3. The summed E-state index contributed by atoms with van der Waals surface area (Å²) >= 11 is 0. The molecule has 0 saturated carbocycles. The number of aliphatic carboxylic acids is 1. The number of nitrogens with zero attached hydrogens (tertiary/aromatic N) is 2. The molecule has 1 aromatic carbocycles. The van der Waals surface area contributed by atoms with Crippen molar-refractivity contribution in [3.05, 3.63) is 54.0 Å². The smallest absolute Gasteiger partial charge is 0.475 e. The van der Waals surface area contributed by atoms with Gasteiger partial charge in [-0.1, -0.05) is 18.2 Å². The topological polar surface area (TPSA) is 74.0 Å². The first kappa shape index (κ1) is 21.9. The van der Waals surface area contributed by atoms with Gasteiger partial charge in [-0.3, -0.25) is 9.69 Å². The third-order valence-corrected chi connectivity index (χ3v) is 5.31. The first-order valence-corrected chi connectivity index (χ1v) is 9.63. The lowest BCUT2D eigenvalue weighted by atomic mass is 9.95. The highest BCUT2D eigenvalue weighted by atomic mass is 19.4. The minimum atomic E-state index is -5.08. The van der Waals surface area contributed by atoms with Crippen molar-refractivity contribution < 1.29 is 32.3 Å². The highest BCUT2D eigenvalue weighted by molar-refractivity contribution is 5.95. The molecule has 0 radical (unpaired) electrons. The zero-order valence-electron chi connectivity index (χ0n) is 16.4. The fraction of sp³-hybridized carbons (Fsp3) is 0.429. The van der Waals surface area contributed by atoms with E-state index in [1.807, 2.05) is 48.2 Å². The number of carbonyl (C=O) groups is 2. The van der Waals surface area contributed by atoms with Crippen molar-refractivity contribution in [2.24, 2.45) is 0 Å². The predicted octanol–water partition coefficient (Wildman–Crippen LogP) is 3.99. The molecule has 2 saturated heterocycles. The van der Waals surface area contributed by atoms with E-state index < -0.39 is 12.1 Å². The van der Waals surface area contributed by atoms with Crippen molar-refractivity contribution in [2.75, 3.05) is 11.4 Å². The molecule has 0 bridgehead atoms. The van der Waals surface area contributed by atoms with Gasteiger partial charge in [0.1, 0.15) is 11.5 Å². The molecule has 0 aliphatic carbocycles. The number of aryl methyl sites for hydroxylation is 1. The first-order chi connectivity index (χ1) is 14.2. The Bertz CT molecular complexity index is 882. The van der Waals surface area contributed by atoms with E-state index in [1.54, 1.807) is 0 Å². The van der Waals surface area contributed by atoms with Crippen molar-refractivity contribution >= 4 is 17.6 Å². The van der Waals surface area contributed by atoms with Crippen LogP contribution in [0.25, 0.3) is 0 Å². The first-order valence-electron chi connectivity index (χ1n) is 9.63. The summed E-state index contributed by atoms with van der Waals surface area (Å²) in [7, 11) is 0. The van der Waals surface area contributed by atoms with Gasteiger partial charge >= 0.3 is 12.1 Å². The molecule has 1 N–H and O–H groups in total. The monoisotopic (exact) mass is 424 g/mol. The Kier molecular flexibility index (Phi) is 6.50. The number of hydrogen-bond acceptors (Lipinski definition) is 4. The number of halogens is 3. The predicted molar refractivity (Wildman–Crippen MR) is 103 cm³/mol. The molecule has 2 atom stereocenters. The van der Waals surface area contributed by atoms with Crippen molar-refractivity contribution in [3.63, 3.8) is 0 Å². The third kappa shape index (κ3) is 5.02. The molecule has 30 heavy (non-hydrogen) atoms. The van der Waals surface area contributed by atoms with Crippen LogP contribution in [-0.4, -0.2) is 46.7 Å². The van der Waals surface area contributed by atoms with Crippen LogP contribution in [0.3, 0.4) is 0 Å². The lowest BCUT2D eigenvalue weighted by Crippen LogP contribution is -2.52. The number of anilines is 1. The van der Waals surface area contributed by atoms with E-state index in [1.165, 1.54) is 0 Å². The van der Waals surface area contributed by atoms with E-state index in [2.05, 4.69) is 11.0 Å². The number of hydrogen-bond donors (Lipinski definition) is 1. The van der Waals surface area contributed by atoms with Crippen LogP contribution >= 0.6 is 0 Å². The second-order valence-electron chi connectivity index (χ2n) is 7.35. The Balaban J connectivity index is 0.000000318. The van der Waals surface area contributed by atoms with E-state index in [-0.39, 0.29) is 11.9 Å². The van der Waals surface area contributed by atoms with Crippen molar-refractivity contribution in [1.82, 2.24) is 4.90 Å². The van der Waals surface area contributed by atoms with Gasteiger partial charge in [0, 0.05) is 24.7 Å². The van der Waals surface area contributed by atoms with Crippen LogP contribution in [0.4, 0.5) is 18.9 Å². The van der Waals surface area contributed by atoms with Crippen LogP contribution in [0.5, 0.6) is 0 Å². The van der Waals surface area contributed by atoms with E-state index in [0.29, 0.717) is 12.5 Å². The SMILES string of the molecule is Cc1ccc(CN2CC[C@@H]3[C@H]2CCC(=O)N3c2ccccc2)o1.O=C(O)C(F)(F)F. The Hall–Kier alpha value is -2.81. The summed E-state index contributed by atoms with van der Waals surface area (Å²) in [5, 5.41) is 7.12. The van der Waals surface area contributed by atoms with Crippen LogP contribution in [0.2, 0.25) is 0 Å². The number of piperidine rings is 1. The van der Waals surface area contributed by atoms with E-state index in [9.17, 15) is 18.0 Å². The Morgan fingerprint density at radius 1 is 1.13 bits per heavy atom. The van der Waals surface area contributed by atoms with Gasteiger partial charge in [0.25, 0.3) is 0 Å². The molecule has 6 nitrogen and oxygen atoms in total. The second kappa shape index (κ2) is 8.91. The van der Waals surface area contributed by atoms with E-state index >= 15 is 0 Å². The van der Waals surface area contributed by atoms with Crippen molar-refractivity contribution in [1.29, 1.82) is 0 Å². The Labute approximate surface area is 171 Å². The van der Waals surface area contributed by atoms with Crippen LogP contribution in [0.15, 0.2) is 46.9 Å². The molecule has 162 valence electrons. The van der Waals surface area contributed by atoms with E-state index in [4.69, 9.17) is 14.3 Å². The van der Waals surface area contributed by atoms with Crippen molar-refractivity contribution in [2.45, 2.75) is 51.0 Å². The zero-order valence-corrected chi connectivity index (χ0v) is 16.4. The highest BCUT2D eigenvalue weighted by Crippen LogP contribution is 2.35. The van der Waals surface area contributed by atoms with Gasteiger partial charge in [-0.15, -0.1) is 0 Å². The maximum Gasteiger partial charge on any atom is 0.490 e. The molecule has 0 unspecified atom stereocenters. The molecule has 2 aliphatic rings. The maximum absolute atomic E-state index is 12.5. The summed E-state index contributed by atoms with van der Waals surface area (Å²) in [5.41, 5.74) is 1.03. The zero-order chi connectivity index (χ0) is 21.9. The Morgan fingerprint density at radius 2 is 1.80 bits per heavy atom. The largest absolute Gasteiger partial charge is 0.490 e. The number of carbonyl (C=O) groups excluding carboxylic acids is 1. The van der Waals surface area contributed by atoms with Crippen LogP contribution in [-0.2, 0) is 16.1 Å². The number of carboxylic acid groups (broad SMARTS) is 1. The molecule has 2 fully saturated rings. The molecule has 4 rings (SSSR count). The summed E-state index contributed by atoms with van der Waals surface area (Å²) in [6, 6.07) is 14.9. The van der Waals surface area contributed by atoms with Gasteiger partial charge in [-0.05, 0) is 44.0 Å². The van der Waals surface area contributed by atoms with Gasteiger partial charge in [0.15, 0.2) is 0 Å². The molecular formula is C21H23F3N2O4. The molecule has 2 aliphatic heterocycles. The lowest BCUT2D eigenvalue weighted by Gasteiger charge is -2.39. The maximum atomic E-state index is 12.5. The molecule has 0 spiro atoms. The van der Waals surface area contributed by atoms with Gasteiger partial charge in [0.2, 0.25) is 5.91 Å². The highest BCUT2D eigenvalue weighted by Gasteiger charge is 2.43. The quantitative estimate of drug-likeness (QED) is 0.807. The minimum Gasteiger partial charge on any atom is -0.475 e. The van der Waals surface area contributed by atoms with Crippen LogP contribution in [0.1, 0.15) is 30.8 Å². The summed E-state index contributed by atoms with van der Waals surface area (Å²) in [5.74, 6) is -0.521. The van der Waals surface area contributed by atoms with Gasteiger partial charge in [0.05, 0.1) is 12.6 Å². The summed E-state index contributed by atoms with van der Waals surface area (Å²) < 4.78 is 37.5. The Morgan fingerprint density at radius 3 is 2.37 bits per heavy atom. The average Bonchev–Trinajstić information content (AvgIpc) is 3.28. The fourth-order valence-electron chi connectivity index (χ4n) is 4.04. The van der Waals surface area contributed by atoms with Gasteiger partial charge in [-0.25, -0.2) is 4.79 Å². The fourth-order valence-corrected chi connectivity index (χ4v) is 4.04. The molecule has 1 aromatic heterocycles. The van der Waals surface area contributed by atoms with E-state index in [0.717, 1.165) is 43.1 Å². The minimum absolute atomic E-state index is 0.258. The number of amides is 1. The number of carboxylic acids is 1. The summed E-state index contributed by atoms with van der Waals surface area (Å²) in [4.78, 5) is 25.9. The molecule has 9 heteroatoms. The molecule has 1 amide bonds. The molecule has 3 heterocycles. The summed E-state index contributed by atoms with van der Waals surface area (Å²) in [6.45, 7) is 3.84. The number of furan rings is 1. The summed E-state index contributed by atoms with van der Waals surface area (Å²) in [6.07, 6.45) is -2.47. The normalized spacial score (nSPS) is 21.7. The lowest BCUT2D eigenvalue weighted by molar-refractivity contribution is -0.192. The number of alkyl halides is 3. The average molecular weight is 424 g/mol. The molecular weight excluding hydrogens is 401 g/mol. The molecule has 2 aromatic rings. The standard InChI is InChI=1S/C19H22N2O2.C2HF3O2/c1-14-7-8-16(23-14)13-20-12-11-18-17(20)9-10-19(22)21(18)15-5-3-2-4-6-15;3-2(4,5)1(6)7/h2-8,17-18H,9-13H2,1H3;(H,6,7)/t17-,18-;/m1./s1. The van der Waals surface area contributed by atoms with Crippen LogP contribution < -0.4 is 4.90 Å². The number of benzene rings is 1. The second-order valence-corrected chi connectivity index (χ2v) is 7.35. The van der Waals surface area contributed by atoms with Crippen LogP contribution in [0, 0.1) is 6.92 Å². The number of likely N-dealkylation sites (tertiary alicyclic amines) is 1. The third-order valence-electron chi connectivity index (χ3n) is 5.31. The van der Waals surface area contributed by atoms with Crippen molar-refractivity contribution in [3.8, 4) is 0 Å².